The lowest BCUT2D eigenvalue weighted by Crippen LogP contribution is -2.23. The maximum atomic E-state index is 12.4. The van der Waals surface area contributed by atoms with E-state index in [1.54, 1.807) is 6.08 Å². The second-order valence-corrected chi connectivity index (χ2v) is 6.37. The van der Waals surface area contributed by atoms with Crippen LogP contribution in [0.1, 0.15) is 17.1 Å². The van der Waals surface area contributed by atoms with E-state index in [4.69, 9.17) is 4.42 Å². The maximum Gasteiger partial charge on any atom is 0.291 e. The molecule has 0 aliphatic rings. The normalized spacial score (nSPS) is 12.3. The van der Waals surface area contributed by atoms with Crippen molar-refractivity contribution in [1.29, 1.82) is 0 Å². The summed E-state index contributed by atoms with van der Waals surface area (Å²) >= 11 is 1.31. The molecule has 4 aromatic rings. The van der Waals surface area contributed by atoms with Gasteiger partial charge in [-0.2, -0.15) is 9.50 Å². The van der Waals surface area contributed by atoms with Crippen molar-refractivity contribution in [3.8, 4) is 11.4 Å². The zero-order valence-corrected chi connectivity index (χ0v) is 13.4. The van der Waals surface area contributed by atoms with Gasteiger partial charge in [-0.15, -0.1) is 5.10 Å². The van der Waals surface area contributed by atoms with Gasteiger partial charge in [0.25, 0.3) is 5.56 Å². The van der Waals surface area contributed by atoms with Gasteiger partial charge in [0.1, 0.15) is 16.1 Å². The molecule has 0 atom stereocenters. The summed E-state index contributed by atoms with van der Waals surface area (Å²) < 4.78 is 7.39. The molecule has 1 aromatic carbocycles. The second-order valence-electron chi connectivity index (χ2n) is 5.36. The van der Waals surface area contributed by atoms with E-state index < -0.39 is 0 Å². The largest absolute Gasteiger partial charge is 0.462 e. The van der Waals surface area contributed by atoms with E-state index in [2.05, 4.69) is 10.1 Å². The highest BCUT2D eigenvalue weighted by Gasteiger charge is 2.12. The third-order valence-corrected chi connectivity index (χ3v) is 4.49. The zero-order valence-electron chi connectivity index (χ0n) is 12.6. The summed E-state index contributed by atoms with van der Waals surface area (Å²) in [5, 5.41) is 4.33. The Hall–Kier alpha value is -2.73. The monoisotopic (exact) mass is 323 g/mol. The molecule has 0 aliphatic carbocycles. The number of aromatic nitrogens is 3. The van der Waals surface area contributed by atoms with Crippen LogP contribution >= 0.6 is 11.3 Å². The van der Waals surface area contributed by atoms with Crippen molar-refractivity contribution in [2.45, 2.75) is 13.8 Å². The van der Waals surface area contributed by atoms with E-state index in [1.165, 1.54) is 21.4 Å². The van der Waals surface area contributed by atoms with Gasteiger partial charge in [0.2, 0.25) is 4.96 Å². The van der Waals surface area contributed by atoms with Crippen molar-refractivity contribution >= 4 is 22.4 Å². The molecule has 0 amide bonds. The van der Waals surface area contributed by atoms with Gasteiger partial charge in [0.15, 0.2) is 5.82 Å². The molecule has 0 radical (unpaired) electrons. The molecule has 0 unspecified atom stereocenters. The Bertz CT molecular complexity index is 1100. The van der Waals surface area contributed by atoms with Crippen molar-refractivity contribution in [2.24, 2.45) is 0 Å². The SMILES string of the molecule is Cc1ccc(-c2nc3s/c(=C\c4ccc(C)o4)c(=O)n3n2)cc1. The van der Waals surface area contributed by atoms with E-state index >= 15 is 0 Å². The van der Waals surface area contributed by atoms with Crippen LogP contribution < -0.4 is 10.1 Å². The Morgan fingerprint density at radius 3 is 2.57 bits per heavy atom. The summed E-state index contributed by atoms with van der Waals surface area (Å²) in [7, 11) is 0. The molecule has 0 saturated heterocycles. The number of fused-ring (bicyclic) bond motifs is 1. The fraction of sp³-hybridized carbons (Fsp3) is 0.118. The molecule has 0 bridgehead atoms. The van der Waals surface area contributed by atoms with E-state index in [0.717, 1.165) is 11.3 Å². The van der Waals surface area contributed by atoms with Crippen molar-refractivity contribution in [3.05, 3.63) is 68.4 Å². The fourth-order valence-electron chi connectivity index (χ4n) is 2.32. The molecular formula is C17H13N3O2S. The van der Waals surface area contributed by atoms with Crippen molar-refractivity contribution < 1.29 is 4.42 Å². The first-order valence-corrected chi connectivity index (χ1v) is 7.96. The average molecular weight is 323 g/mol. The Morgan fingerprint density at radius 1 is 1.13 bits per heavy atom. The highest BCUT2D eigenvalue weighted by molar-refractivity contribution is 7.15. The predicted molar refractivity (Wildman–Crippen MR) is 89.5 cm³/mol. The van der Waals surface area contributed by atoms with Crippen LogP contribution in [-0.2, 0) is 0 Å². The average Bonchev–Trinajstić information content (AvgIpc) is 3.19. The molecule has 4 rings (SSSR count). The van der Waals surface area contributed by atoms with Crippen LogP contribution in [0.25, 0.3) is 22.4 Å². The third kappa shape index (κ3) is 2.47. The molecule has 114 valence electrons. The molecule has 6 heteroatoms. The molecule has 0 saturated carbocycles. The van der Waals surface area contributed by atoms with Crippen LogP contribution in [0.3, 0.4) is 0 Å². The second kappa shape index (κ2) is 5.17. The Morgan fingerprint density at radius 2 is 1.91 bits per heavy atom. The number of rotatable bonds is 2. The number of benzene rings is 1. The molecule has 5 nitrogen and oxygen atoms in total. The minimum absolute atomic E-state index is 0.176. The number of aryl methyl sites for hydroxylation is 2. The highest BCUT2D eigenvalue weighted by atomic mass is 32.1. The molecule has 3 aromatic heterocycles. The van der Waals surface area contributed by atoms with Gasteiger partial charge in [0, 0.05) is 11.6 Å². The van der Waals surface area contributed by atoms with Gasteiger partial charge in [-0.1, -0.05) is 41.2 Å². The molecule has 0 N–H and O–H groups in total. The maximum absolute atomic E-state index is 12.4. The summed E-state index contributed by atoms with van der Waals surface area (Å²) in [6.45, 7) is 3.89. The molecule has 0 aliphatic heterocycles. The number of nitrogens with zero attached hydrogens (tertiary/aromatic N) is 3. The quantitative estimate of drug-likeness (QED) is 0.569. The van der Waals surface area contributed by atoms with Gasteiger partial charge in [-0.3, -0.25) is 4.79 Å². The summed E-state index contributed by atoms with van der Waals surface area (Å²) in [5.74, 6) is 2.03. The van der Waals surface area contributed by atoms with E-state index in [9.17, 15) is 4.79 Å². The van der Waals surface area contributed by atoms with E-state index in [0.29, 0.717) is 21.1 Å². The van der Waals surface area contributed by atoms with Crippen molar-refractivity contribution in [2.75, 3.05) is 0 Å². The van der Waals surface area contributed by atoms with Crippen LogP contribution in [0.2, 0.25) is 0 Å². The lowest BCUT2D eigenvalue weighted by molar-refractivity contribution is 0.525. The minimum Gasteiger partial charge on any atom is -0.462 e. The molecule has 3 heterocycles. The molecule has 0 fully saturated rings. The van der Waals surface area contributed by atoms with Crippen LogP contribution in [0.15, 0.2) is 45.6 Å². The Labute approximate surface area is 135 Å². The van der Waals surface area contributed by atoms with Gasteiger partial charge in [-0.25, -0.2) is 0 Å². The third-order valence-electron chi connectivity index (χ3n) is 3.53. The van der Waals surface area contributed by atoms with Crippen molar-refractivity contribution in [3.63, 3.8) is 0 Å². The predicted octanol–water partition coefficient (Wildman–Crippen LogP) is 2.58. The van der Waals surface area contributed by atoms with Crippen LogP contribution in [0.5, 0.6) is 0 Å². The Kier molecular flexibility index (Phi) is 3.12. The number of thiazole rings is 1. The Balaban J connectivity index is 1.82. The van der Waals surface area contributed by atoms with Gasteiger partial charge in [-0.05, 0) is 26.0 Å². The van der Waals surface area contributed by atoms with E-state index in [-0.39, 0.29) is 5.56 Å². The van der Waals surface area contributed by atoms with Crippen molar-refractivity contribution in [1.82, 2.24) is 14.6 Å². The van der Waals surface area contributed by atoms with Gasteiger partial charge < -0.3 is 4.42 Å². The summed E-state index contributed by atoms with van der Waals surface area (Å²) in [4.78, 5) is 17.5. The lowest BCUT2D eigenvalue weighted by Gasteiger charge is -1.94. The fourth-order valence-corrected chi connectivity index (χ4v) is 3.21. The summed E-state index contributed by atoms with van der Waals surface area (Å²) in [6.07, 6.45) is 1.72. The molecule has 0 spiro atoms. The zero-order chi connectivity index (χ0) is 16.0. The number of hydrogen-bond acceptors (Lipinski definition) is 5. The first-order valence-electron chi connectivity index (χ1n) is 7.15. The summed E-state index contributed by atoms with van der Waals surface area (Å²) in [5.41, 5.74) is 1.90. The minimum atomic E-state index is -0.176. The highest BCUT2D eigenvalue weighted by Crippen LogP contribution is 2.17. The smallest absolute Gasteiger partial charge is 0.291 e. The first kappa shape index (κ1) is 13.9. The van der Waals surface area contributed by atoms with Gasteiger partial charge in [0.05, 0.1) is 0 Å². The molecular weight excluding hydrogens is 310 g/mol. The van der Waals surface area contributed by atoms with E-state index in [1.807, 2.05) is 50.2 Å². The van der Waals surface area contributed by atoms with Crippen LogP contribution in [0.4, 0.5) is 0 Å². The summed E-state index contributed by atoms with van der Waals surface area (Å²) in [6, 6.07) is 11.6. The number of furan rings is 1. The van der Waals surface area contributed by atoms with Crippen LogP contribution in [-0.4, -0.2) is 14.6 Å². The first-order chi connectivity index (χ1) is 11.1. The van der Waals surface area contributed by atoms with Crippen LogP contribution in [0, 0.1) is 13.8 Å². The molecule has 23 heavy (non-hydrogen) atoms. The number of hydrogen-bond donors (Lipinski definition) is 0. The topological polar surface area (TPSA) is 60.4 Å². The standard InChI is InChI=1S/C17H13N3O2S/c1-10-3-6-12(7-4-10)15-18-17-20(19-15)16(21)14(23-17)9-13-8-5-11(2)22-13/h3-9H,1-2H3/b14-9-. The lowest BCUT2D eigenvalue weighted by atomic mass is 10.1. The van der Waals surface area contributed by atoms with Gasteiger partial charge >= 0.3 is 0 Å².